The maximum Gasteiger partial charge on any atom is 0.259 e. The molecule has 2 N–H and O–H groups in total. The summed E-state index contributed by atoms with van der Waals surface area (Å²) in [6.07, 6.45) is 3.93. The second-order valence-corrected chi connectivity index (χ2v) is 6.59. The monoisotopic (exact) mass is 366 g/mol. The zero-order chi connectivity index (χ0) is 19.5. The van der Waals surface area contributed by atoms with Crippen molar-refractivity contribution in [1.29, 1.82) is 0 Å². The molecule has 0 atom stereocenters. The third-order valence-corrected chi connectivity index (χ3v) is 4.15. The zero-order valence-electron chi connectivity index (χ0n) is 16.5. The van der Waals surface area contributed by atoms with E-state index in [1.165, 1.54) is 11.3 Å². The van der Waals surface area contributed by atoms with Gasteiger partial charge in [-0.25, -0.2) is 5.43 Å². The van der Waals surface area contributed by atoms with Crippen LogP contribution in [-0.4, -0.2) is 31.8 Å². The van der Waals surface area contributed by atoms with Crippen molar-refractivity contribution in [2.75, 3.05) is 29.9 Å². The van der Waals surface area contributed by atoms with Gasteiger partial charge in [-0.15, -0.1) is 0 Å². The highest BCUT2D eigenvalue weighted by molar-refractivity contribution is 5.84. The maximum absolute atomic E-state index is 11.9. The van der Waals surface area contributed by atoms with E-state index >= 15 is 0 Å². The molecule has 0 spiro atoms. The summed E-state index contributed by atoms with van der Waals surface area (Å²) in [5.41, 5.74) is 6.83. The molecule has 0 bridgehead atoms. The van der Waals surface area contributed by atoms with Crippen LogP contribution in [0.3, 0.4) is 0 Å². The molecule has 0 saturated heterocycles. The minimum absolute atomic E-state index is 0.180. The summed E-state index contributed by atoms with van der Waals surface area (Å²) >= 11 is 0. The minimum Gasteiger partial charge on any atom is -0.376 e. The third-order valence-electron chi connectivity index (χ3n) is 4.15. The van der Waals surface area contributed by atoms with Gasteiger partial charge in [-0.2, -0.15) is 5.10 Å². The largest absolute Gasteiger partial charge is 0.376 e. The van der Waals surface area contributed by atoms with Gasteiger partial charge in [0.05, 0.1) is 12.8 Å². The van der Waals surface area contributed by atoms with Crippen LogP contribution in [-0.2, 0) is 4.79 Å². The Labute approximate surface area is 162 Å². The summed E-state index contributed by atoms with van der Waals surface area (Å²) in [5.74, 6) is -0.180. The molecular formula is C22H30N4O. The molecule has 0 aliphatic heterocycles. The molecule has 5 heteroatoms. The van der Waals surface area contributed by atoms with E-state index in [2.05, 4.69) is 46.7 Å². The molecule has 1 amide bonds. The highest BCUT2D eigenvalue weighted by atomic mass is 16.2. The van der Waals surface area contributed by atoms with Crippen molar-refractivity contribution in [3.63, 3.8) is 0 Å². The van der Waals surface area contributed by atoms with Crippen LogP contribution in [0.1, 0.15) is 37.8 Å². The number of hydrogen-bond acceptors (Lipinski definition) is 4. The molecule has 0 aliphatic rings. The number of rotatable bonds is 10. The average Bonchev–Trinajstić information content (AvgIpc) is 2.68. The van der Waals surface area contributed by atoms with Crippen LogP contribution in [0, 0.1) is 6.92 Å². The Morgan fingerprint density at radius 2 is 1.63 bits per heavy atom. The Bertz CT molecular complexity index is 717. The topological polar surface area (TPSA) is 56.7 Å². The van der Waals surface area contributed by atoms with Gasteiger partial charge >= 0.3 is 0 Å². The van der Waals surface area contributed by atoms with Crippen LogP contribution in [0.4, 0.5) is 11.4 Å². The fraction of sp³-hybridized carbons (Fsp3) is 0.364. The quantitative estimate of drug-likeness (QED) is 0.490. The number of nitrogens with one attached hydrogen (secondary N) is 2. The fourth-order valence-corrected chi connectivity index (χ4v) is 2.75. The van der Waals surface area contributed by atoms with Crippen molar-refractivity contribution < 1.29 is 4.79 Å². The van der Waals surface area contributed by atoms with Gasteiger partial charge in [-0.3, -0.25) is 4.79 Å². The van der Waals surface area contributed by atoms with Crippen LogP contribution >= 0.6 is 0 Å². The molecule has 144 valence electrons. The number of carbonyl (C=O) groups is 1. The Balaban J connectivity index is 1.81. The summed E-state index contributed by atoms with van der Waals surface area (Å²) in [7, 11) is 0. The Hall–Kier alpha value is -2.82. The number of benzene rings is 2. The number of anilines is 2. The zero-order valence-corrected chi connectivity index (χ0v) is 16.5. The summed E-state index contributed by atoms with van der Waals surface area (Å²) < 4.78 is 0. The Kier molecular flexibility index (Phi) is 8.36. The number of amides is 1. The predicted molar refractivity (Wildman–Crippen MR) is 115 cm³/mol. The summed E-state index contributed by atoms with van der Waals surface area (Å²) in [6, 6.07) is 16.2. The number of nitrogens with zero attached hydrogens (tertiary/aromatic N) is 2. The molecule has 2 aromatic carbocycles. The van der Waals surface area contributed by atoms with Gasteiger partial charge in [0.2, 0.25) is 0 Å². The van der Waals surface area contributed by atoms with Crippen molar-refractivity contribution in [2.45, 2.75) is 33.6 Å². The van der Waals surface area contributed by atoms with Crippen LogP contribution in [0.2, 0.25) is 0 Å². The molecule has 0 fully saturated rings. The average molecular weight is 367 g/mol. The standard InChI is InChI=1S/C22H30N4O/c1-4-14-26(15-5-2)21-12-8-19(9-13-21)16-24-25-22(27)17-23-20-10-6-18(3)7-11-20/h6-13,16,23H,4-5,14-15,17H2,1-3H3,(H,25,27)/b24-16+. The van der Waals surface area contributed by atoms with Crippen molar-refractivity contribution in [3.05, 3.63) is 59.7 Å². The molecule has 5 nitrogen and oxygen atoms in total. The highest BCUT2D eigenvalue weighted by Gasteiger charge is 2.04. The van der Waals surface area contributed by atoms with Crippen molar-refractivity contribution in [1.82, 2.24) is 5.43 Å². The van der Waals surface area contributed by atoms with Gasteiger partial charge in [-0.05, 0) is 49.6 Å². The SMILES string of the molecule is CCCN(CCC)c1ccc(/C=N/NC(=O)CNc2ccc(C)cc2)cc1. The fourth-order valence-electron chi connectivity index (χ4n) is 2.75. The minimum atomic E-state index is -0.180. The van der Waals surface area contributed by atoms with E-state index in [4.69, 9.17) is 0 Å². The lowest BCUT2D eigenvalue weighted by Gasteiger charge is -2.23. The smallest absolute Gasteiger partial charge is 0.259 e. The number of carbonyl (C=O) groups excluding carboxylic acids is 1. The van der Waals surface area contributed by atoms with E-state index in [9.17, 15) is 4.79 Å². The molecule has 0 aliphatic carbocycles. The lowest BCUT2D eigenvalue weighted by atomic mass is 10.2. The number of aryl methyl sites for hydroxylation is 1. The summed E-state index contributed by atoms with van der Waals surface area (Å²) in [5, 5.41) is 7.11. The number of hydrazone groups is 1. The molecule has 27 heavy (non-hydrogen) atoms. The first-order valence-corrected chi connectivity index (χ1v) is 9.59. The molecule has 2 aromatic rings. The molecule has 0 unspecified atom stereocenters. The van der Waals surface area contributed by atoms with Crippen LogP contribution in [0.5, 0.6) is 0 Å². The van der Waals surface area contributed by atoms with Crippen molar-refractivity contribution in [2.24, 2.45) is 5.10 Å². The van der Waals surface area contributed by atoms with Crippen LogP contribution in [0.25, 0.3) is 0 Å². The van der Waals surface area contributed by atoms with Crippen molar-refractivity contribution >= 4 is 23.5 Å². The first-order valence-electron chi connectivity index (χ1n) is 9.59. The lowest BCUT2D eigenvalue weighted by molar-refractivity contribution is -0.119. The second-order valence-electron chi connectivity index (χ2n) is 6.59. The van der Waals surface area contributed by atoms with E-state index in [0.29, 0.717) is 0 Å². The van der Waals surface area contributed by atoms with Gasteiger partial charge in [0.15, 0.2) is 0 Å². The second kappa shape index (κ2) is 11.0. The maximum atomic E-state index is 11.9. The lowest BCUT2D eigenvalue weighted by Crippen LogP contribution is -2.26. The van der Waals surface area contributed by atoms with Gasteiger partial charge in [-0.1, -0.05) is 43.7 Å². The van der Waals surface area contributed by atoms with Crippen molar-refractivity contribution in [3.8, 4) is 0 Å². The normalized spacial score (nSPS) is 10.8. The molecule has 0 radical (unpaired) electrons. The number of hydrogen-bond donors (Lipinski definition) is 2. The van der Waals surface area contributed by atoms with Gasteiger partial charge in [0.1, 0.15) is 0 Å². The summed E-state index contributed by atoms with van der Waals surface area (Å²) in [6.45, 7) is 8.72. The van der Waals surface area contributed by atoms with Gasteiger partial charge in [0, 0.05) is 24.5 Å². The Morgan fingerprint density at radius 1 is 1.00 bits per heavy atom. The summed E-state index contributed by atoms with van der Waals surface area (Å²) in [4.78, 5) is 14.3. The molecule has 0 saturated carbocycles. The first kappa shape index (κ1) is 20.5. The molecule has 0 aromatic heterocycles. The van der Waals surface area contributed by atoms with E-state index in [0.717, 1.165) is 37.2 Å². The van der Waals surface area contributed by atoms with Crippen LogP contribution < -0.4 is 15.6 Å². The van der Waals surface area contributed by atoms with Crippen LogP contribution in [0.15, 0.2) is 53.6 Å². The van der Waals surface area contributed by atoms with E-state index in [1.807, 2.05) is 43.3 Å². The highest BCUT2D eigenvalue weighted by Crippen LogP contribution is 2.15. The van der Waals surface area contributed by atoms with E-state index in [1.54, 1.807) is 6.21 Å². The third kappa shape index (κ3) is 7.13. The predicted octanol–water partition coefficient (Wildman–Crippen LogP) is 4.18. The first-order chi connectivity index (χ1) is 13.1. The van der Waals surface area contributed by atoms with E-state index < -0.39 is 0 Å². The van der Waals surface area contributed by atoms with E-state index in [-0.39, 0.29) is 12.5 Å². The van der Waals surface area contributed by atoms with Gasteiger partial charge in [0.25, 0.3) is 5.91 Å². The van der Waals surface area contributed by atoms with Gasteiger partial charge < -0.3 is 10.2 Å². The Morgan fingerprint density at radius 3 is 2.22 bits per heavy atom. The molecule has 0 heterocycles. The molecule has 2 rings (SSSR count). The molecular weight excluding hydrogens is 336 g/mol.